The first-order valence-corrected chi connectivity index (χ1v) is 11.5. The molecular weight excluding hydrogens is 403 g/mol. The van der Waals surface area contributed by atoms with Crippen LogP contribution < -0.4 is 5.32 Å². The van der Waals surface area contributed by atoms with E-state index in [9.17, 15) is 0 Å². The van der Waals surface area contributed by atoms with E-state index in [1.165, 1.54) is 27.8 Å². The van der Waals surface area contributed by atoms with Gasteiger partial charge in [0.05, 0.1) is 10.0 Å². The number of thiophene rings is 1. The number of aromatic nitrogens is 1. The maximum Gasteiger partial charge on any atom is 0.0613 e. The Hall–Kier alpha value is -0.910. The molecule has 0 saturated heterocycles. The minimum absolute atomic E-state index is 0.570. The average molecular weight is 423 g/mol. The number of fused-ring (bicyclic) bond motifs is 1. The normalized spacial score (nSPS) is 17.6. The first kappa shape index (κ1) is 18.5. The van der Waals surface area contributed by atoms with Gasteiger partial charge in [-0.2, -0.15) is 11.8 Å². The highest BCUT2D eigenvalue weighted by Gasteiger charge is 2.16. The van der Waals surface area contributed by atoms with Gasteiger partial charge in [0.2, 0.25) is 0 Å². The van der Waals surface area contributed by atoms with Crippen molar-refractivity contribution in [3.05, 3.63) is 62.4 Å². The van der Waals surface area contributed by atoms with Gasteiger partial charge >= 0.3 is 0 Å². The van der Waals surface area contributed by atoms with Crippen LogP contribution in [-0.4, -0.2) is 23.3 Å². The molecule has 1 aromatic carbocycles. The third-order valence-corrected chi connectivity index (χ3v) is 7.44. The summed E-state index contributed by atoms with van der Waals surface area (Å²) in [7, 11) is 0. The number of hydrogen-bond donors (Lipinski definition) is 2. The minimum atomic E-state index is 0.570. The summed E-state index contributed by atoms with van der Waals surface area (Å²) in [4.78, 5) is 4.71. The Morgan fingerprint density at radius 2 is 2.12 bits per heavy atom. The van der Waals surface area contributed by atoms with Gasteiger partial charge in [0.25, 0.3) is 0 Å². The Kier molecular flexibility index (Phi) is 5.97. The molecule has 0 bridgehead atoms. The summed E-state index contributed by atoms with van der Waals surface area (Å²) in [6, 6.07) is 8.79. The lowest BCUT2D eigenvalue weighted by molar-refractivity contribution is 0.525. The van der Waals surface area contributed by atoms with Crippen LogP contribution in [0.4, 0.5) is 0 Å². The molecule has 2 N–H and O–H groups in total. The molecule has 6 heteroatoms. The predicted molar refractivity (Wildman–Crippen MR) is 118 cm³/mol. The number of aromatic amines is 1. The van der Waals surface area contributed by atoms with Crippen molar-refractivity contribution in [3.63, 3.8) is 0 Å². The lowest BCUT2D eigenvalue weighted by Gasteiger charge is -2.23. The summed E-state index contributed by atoms with van der Waals surface area (Å²) in [6.07, 6.45) is 6.71. The van der Waals surface area contributed by atoms with E-state index in [1.807, 2.05) is 35.2 Å². The van der Waals surface area contributed by atoms with Crippen LogP contribution in [0.15, 0.2) is 41.9 Å². The Labute approximate surface area is 172 Å². The summed E-state index contributed by atoms with van der Waals surface area (Å²) in [6.45, 7) is 0.976. The lowest BCUT2D eigenvalue weighted by Crippen LogP contribution is -2.33. The average Bonchev–Trinajstić information content (AvgIpc) is 3.30. The van der Waals surface area contributed by atoms with Crippen molar-refractivity contribution < 1.29 is 0 Å². The molecule has 0 aliphatic carbocycles. The molecule has 1 atom stereocenters. The van der Waals surface area contributed by atoms with Gasteiger partial charge < -0.3 is 10.3 Å². The number of H-pyrrole nitrogens is 1. The number of halogens is 2. The number of rotatable bonds is 6. The van der Waals surface area contributed by atoms with Crippen LogP contribution in [-0.2, 0) is 5.75 Å². The summed E-state index contributed by atoms with van der Waals surface area (Å²) < 4.78 is 0. The van der Waals surface area contributed by atoms with Gasteiger partial charge in [-0.05, 0) is 53.3 Å². The van der Waals surface area contributed by atoms with Crippen LogP contribution in [0.5, 0.6) is 0 Å². The molecule has 0 radical (unpaired) electrons. The quantitative estimate of drug-likeness (QED) is 0.437. The van der Waals surface area contributed by atoms with E-state index < -0.39 is 0 Å². The molecule has 3 aromatic rings. The van der Waals surface area contributed by atoms with Gasteiger partial charge in [0.15, 0.2) is 0 Å². The zero-order chi connectivity index (χ0) is 17.9. The molecule has 2 nitrogen and oxygen atoms in total. The molecule has 136 valence electrons. The van der Waals surface area contributed by atoms with Gasteiger partial charge in [-0.3, -0.25) is 0 Å². The zero-order valence-electron chi connectivity index (χ0n) is 14.2. The number of nitrogens with one attached hydrogen (secondary N) is 2. The molecule has 1 unspecified atom stereocenters. The van der Waals surface area contributed by atoms with E-state index in [0.29, 0.717) is 16.1 Å². The maximum absolute atomic E-state index is 6.17. The monoisotopic (exact) mass is 422 g/mol. The van der Waals surface area contributed by atoms with E-state index in [0.717, 1.165) is 30.0 Å². The summed E-state index contributed by atoms with van der Waals surface area (Å²) in [5.74, 6) is 2.13. The molecule has 0 amide bonds. The fourth-order valence-corrected chi connectivity index (χ4v) is 5.50. The van der Waals surface area contributed by atoms with Crippen LogP contribution >= 0.6 is 46.3 Å². The Balaban J connectivity index is 1.29. The molecule has 1 aliphatic rings. The van der Waals surface area contributed by atoms with Crippen LogP contribution in [0.25, 0.3) is 16.5 Å². The molecule has 0 spiro atoms. The summed E-state index contributed by atoms with van der Waals surface area (Å²) >= 11 is 16.1. The van der Waals surface area contributed by atoms with E-state index >= 15 is 0 Å². The number of benzene rings is 1. The second kappa shape index (κ2) is 8.41. The SMILES string of the molecule is Clc1cc2[nH]cc(CSCCC3CC(c4cccs4)=CCN3)c2cc1Cl. The first-order valence-electron chi connectivity index (χ1n) is 8.70. The Bertz CT molecular complexity index is 915. The molecule has 3 heterocycles. The van der Waals surface area contributed by atoms with Crippen molar-refractivity contribution in [1.29, 1.82) is 0 Å². The van der Waals surface area contributed by atoms with Crippen LogP contribution in [0.3, 0.4) is 0 Å². The van der Waals surface area contributed by atoms with Gasteiger partial charge in [0, 0.05) is 40.3 Å². The molecule has 0 saturated carbocycles. The maximum atomic E-state index is 6.17. The zero-order valence-corrected chi connectivity index (χ0v) is 17.4. The second-order valence-electron chi connectivity index (χ2n) is 6.48. The summed E-state index contributed by atoms with van der Waals surface area (Å²) in [5.41, 5.74) is 3.84. The van der Waals surface area contributed by atoms with Crippen LogP contribution in [0, 0.1) is 0 Å². The number of thioether (sulfide) groups is 1. The third-order valence-electron chi connectivity index (χ3n) is 4.74. The van der Waals surface area contributed by atoms with Gasteiger partial charge in [-0.25, -0.2) is 0 Å². The van der Waals surface area contributed by atoms with Crippen molar-refractivity contribution in [3.8, 4) is 0 Å². The number of hydrogen-bond acceptors (Lipinski definition) is 3. The van der Waals surface area contributed by atoms with Crippen molar-refractivity contribution >= 4 is 62.8 Å². The fourth-order valence-electron chi connectivity index (χ4n) is 3.34. The van der Waals surface area contributed by atoms with Gasteiger partial charge in [0.1, 0.15) is 0 Å². The van der Waals surface area contributed by atoms with Crippen LogP contribution in [0.1, 0.15) is 23.3 Å². The molecule has 1 aliphatic heterocycles. The lowest BCUT2D eigenvalue weighted by atomic mass is 9.99. The fraction of sp³-hybridized carbons (Fsp3) is 0.300. The predicted octanol–water partition coefficient (Wildman–Crippen LogP) is 6.61. The van der Waals surface area contributed by atoms with Crippen molar-refractivity contribution in [1.82, 2.24) is 10.3 Å². The van der Waals surface area contributed by atoms with Crippen molar-refractivity contribution in [2.75, 3.05) is 12.3 Å². The van der Waals surface area contributed by atoms with E-state index in [4.69, 9.17) is 23.2 Å². The largest absolute Gasteiger partial charge is 0.361 e. The van der Waals surface area contributed by atoms with Gasteiger partial charge in [-0.15, -0.1) is 11.3 Å². The van der Waals surface area contributed by atoms with E-state index in [-0.39, 0.29) is 0 Å². The van der Waals surface area contributed by atoms with Crippen molar-refractivity contribution in [2.24, 2.45) is 0 Å². The molecule has 2 aromatic heterocycles. The molecule has 0 fully saturated rings. The standard InChI is InChI=1S/C20H20Cl2N2S2/c21-17-9-16-14(11-24-19(16)10-18(17)22)12-25-7-4-15-8-13(3-5-23-15)20-2-1-6-26-20/h1-3,6,9-11,15,23-24H,4-5,7-8,12H2. The minimum Gasteiger partial charge on any atom is -0.361 e. The van der Waals surface area contributed by atoms with Crippen molar-refractivity contribution in [2.45, 2.75) is 24.6 Å². The third kappa shape index (κ3) is 4.15. The smallest absolute Gasteiger partial charge is 0.0613 e. The first-order chi connectivity index (χ1) is 12.7. The second-order valence-corrected chi connectivity index (χ2v) is 9.35. The van der Waals surface area contributed by atoms with Gasteiger partial charge in [-0.1, -0.05) is 35.3 Å². The molecule has 4 rings (SSSR count). The Morgan fingerprint density at radius 1 is 1.23 bits per heavy atom. The Morgan fingerprint density at radius 3 is 2.96 bits per heavy atom. The van der Waals surface area contributed by atoms with E-state index in [2.05, 4.69) is 40.1 Å². The summed E-state index contributed by atoms with van der Waals surface area (Å²) in [5, 5.41) is 8.16. The van der Waals surface area contributed by atoms with Crippen LogP contribution in [0.2, 0.25) is 10.0 Å². The molecular formula is C20H20Cl2N2S2. The topological polar surface area (TPSA) is 27.8 Å². The molecule has 26 heavy (non-hydrogen) atoms. The highest BCUT2D eigenvalue weighted by Crippen LogP contribution is 2.31. The highest BCUT2D eigenvalue weighted by atomic mass is 35.5. The van der Waals surface area contributed by atoms with E-state index in [1.54, 1.807) is 0 Å². The highest BCUT2D eigenvalue weighted by molar-refractivity contribution is 7.98.